The summed E-state index contributed by atoms with van der Waals surface area (Å²) in [5, 5.41) is 6.02. The number of nitrogens with zero attached hydrogens (tertiary/aromatic N) is 1. The van der Waals surface area contributed by atoms with Crippen molar-refractivity contribution < 1.29 is 13.9 Å². The van der Waals surface area contributed by atoms with Gasteiger partial charge in [-0.05, 0) is 35.9 Å². The molecular formula is C21H20FN3O2. The van der Waals surface area contributed by atoms with E-state index in [9.17, 15) is 9.18 Å². The lowest BCUT2D eigenvalue weighted by molar-refractivity contribution is 0.0951. The molecule has 0 aliphatic carbocycles. The largest absolute Gasteiger partial charge is 0.496 e. The van der Waals surface area contributed by atoms with E-state index in [1.54, 1.807) is 37.6 Å². The van der Waals surface area contributed by atoms with Crippen LogP contribution in [0, 0.1) is 5.82 Å². The summed E-state index contributed by atoms with van der Waals surface area (Å²) in [6, 6.07) is 17.1. The van der Waals surface area contributed by atoms with Crippen molar-refractivity contribution in [1.29, 1.82) is 0 Å². The molecule has 2 N–H and O–H groups in total. The number of rotatable bonds is 7. The van der Waals surface area contributed by atoms with Gasteiger partial charge in [-0.25, -0.2) is 9.37 Å². The van der Waals surface area contributed by atoms with Crippen LogP contribution in [0.15, 0.2) is 66.9 Å². The van der Waals surface area contributed by atoms with Crippen molar-refractivity contribution in [1.82, 2.24) is 10.3 Å². The topological polar surface area (TPSA) is 63.2 Å². The SMILES string of the molecule is COc1ccccc1CNc1cc(C(=O)NCc2ccc(F)cc2)ccn1. The zero-order valence-electron chi connectivity index (χ0n) is 14.9. The summed E-state index contributed by atoms with van der Waals surface area (Å²) >= 11 is 0. The molecule has 138 valence electrons. The molecule has 0 saturated heterocycles. The minimum atomic E-state index is -0.301. The first-order valence-electron chi connectivity index (χ1n) is 8.50. The van der Waals surface area contributed by atoms with Crippen LogP contribution in [0.1, 0.15) is 21.5 Å². The molecule has 0 atom stereocenters. The number of hydrogen-bond acceptors (Lipinski definition) is 4. The number of hydrogen-bond donors (Lipinski definition) is 2. The second-order valence-corrected chi connectivity index (χ2v) is 5.90. The van der Waals surface area contributed by atoms with Gasteiger partial charge in [0.1, 0.15) is 17.4 Å². The number of methoxy groups -OCH3 is 1. The Morgan fingerprint density at radius 1 is 1.07 bits per heavy atom. The maximum Gasteiger partial charge on any atom is 0.251 e. The number of aromatic nitrogens is 1. The first-order valence-corrected chi connectivity index (χ1v) is 8.50. The van der Waals surface area contributed by atoms with E-state index >= 15 is 0 Å². The van der Waals surface area contributed by atoms with Gasteiger partial charge < -0.3 is 15.4 Å². The third-order valence-electron chi connectivity index (χ3n) is 4.04. The number of carbonyl (C=O) groups excluding carboxylic acids is 1. The Morgan fingerprint density at radius 3 is 2.63 bits per heavy atom. The number of pyridine rings is 1. The lowest BCUT2D eigenvalue weighted by atomic mass is 10.2. The van der Waals surface area contributed by atoms with E-state index in [4.69, 9.17) is 4.74 Å². The Bertz CT molecular complexity index is 913. The number of anilines is 1. The van der Waals surface area contributed by atoms with Crippen LogP contribution in [0.2, 0.25) is 0 Å². The van der Waals surface area contributed by atoms with Gasteiger partial charge in [0, 0.05) is 30.4 Å². The highest BCUT2D eigenvalue weighted by Crippen LogP contribution is 2.18. The lowest BCUT2D eigenvalue weighted by Crippen LogP contribution is -2.23. The van der Waals surface area contributed by atoms with Gasteiger partial charge >= 0.3 is 0 Å². The normalized spacial score (nSPS) is 10.3. The van der Waals surface area contributed by atoms with Crippen LogP contribution in [-0.4, -0.2) is 18.0 Å². The molecule has 1 heterocycles. The molecule has 0 aliphatic rings. The van der Waals surface area contributed by atoms with Gasteiger partial charge in [0.15, 0.2) is 0 Å². The standard InChI is InChI=1S/C21H20FN3O2/c1-27-19-5-3-2-4-17(19)14-24-20-12-16(10-11-23-20)21(26)25-13-15-6-8-18(22)9-7-15/h2-12H,13-14H2,1H3,(H,23,24)(H,25,26). The van der Waals surface area contributed by atoms with Gasteiger partial charge in [-0.1, -0.05) is 30.3 Å². The molecule has 1 aromatic heterocycles. The van der Waals surface area contributed by atoms with Crippen molar-refractivity contribution in [2.75, 3.05) is 12.4 Å². The predicted molar refractivity (Wildman–Crippen MR) is 102 cm³/mol. The van der Waals surface area contributed by atoms with Crippen molar-refractivity contribution in [3.05, 3.63) is 89.4 Å². The molecule has 3 aromatic rings. The minimum absolute atomic E-state index is 0.220. The van der Waals surface area contributed by atoms with E-state index in [2.05, 4.69) is 15.6 Å². The number of ether oxygens (including phenoxy) is 1. The summed E-state index contributed by atoms with van der Waals surface area (Å²) in [6.07, 6.45) is 1.58. The van der Waals surface area contributed by atoms with Crippen LogP contribution in [0.3, 0.4) is 0 Å². The first kappa shape index (κ1) is 18.4. The van der Waals surface area contributed by atoms with Crippen LogP contribution in [-0.2, 0) is 13.1 Å². The molecule has 0 bridgehead atoms. The van der Waals surface area contributed by atoms with Crippen molar-refractivity contribution in [3.8, 4) is 5.75 Å². The number of para-hydroxylation sites is 1. The Labute approximate surface area is 157 Å². The lowest BCUT2D eigenvalue weighted by Gasteiger charge is -2.11. The predicted octanol–water partition coefficient (Wildman–Crippen LogP) is 3.77. The molecule has 27 heavy (non-hydrogen) atoms. The molecule has 0 aliphatic heterocycles. The monoisotopic (exact) mass is 365 g/mol. The maximum absolute atomic E-state index is 12.9. The molecule has 0 unspecified atom stereocenters. The molecule has 5 nitrogen and oxygen atoms in total. The molecule has 2 aromatic carbocycles. The summed E-state index contributed by atoms with van der Waals surface area (Å²) < 4.78 is 18.3. The first-order chi connectivity index (χ1) is 13.2. The number of amides is 1. The number of nitrogens with one attached hydrogen (secondary N) is 2. The van der Waals surface area contributed by atoms with E-state index < -0.39 is 0 Å². The highest BCUT2D eigenvalue weighted by molar-refractivity contribution is 5.94. The number of halogens is 1. The van der Waals surface area contributed by atoms with Crippen molar-refractivity contribution >= 4 is 11.7 Å². The molecular weight excluding hydrogens is 345 g/mol. The smallest absolute Gasteiger partial charge is 0.251 e. The van der Waals surface area contributed by atoms with Gasteiger partial charge in [0.25, 0.3) is 5.91 Å². The second-order valence-electron chi connectivity index (χ2n) is 5.90. The van der Waals surface area contributed by atoms with Gasteiger partial charge in [0.05, 0.1) is 7.11 Å². The summed E-state index contributed by atoms with van der Waals surface area (Å²) in [4.78, 5) is 16.6. The average molecular weight is 365 g/mol. The van der Waals surface area contributed by atoms with Gasteiger partial charge in [0.2, 0.25) is 0 Å². The fourth-order valence-corrected chi connectivity index (χ4v) is 2.59. The molecule has 0 saturated carbocycles. The van der Waals surface area contributed by atoms with Crippen LogP contribution in [0.25, 0.3) is 0 Å². The van der Waals surface area contributed by atoms with E-state index in [-0.39, 0.29) is 11.7 Å². The average Bonchev–Trinajstić information content (AvgIpc) is 2.72. The maximum atomic E-state index is 12.9. The zero-order valence-corrected chi connectivity index (χ0v) is 14.9. The van der Waals surface area contributed by atoms with Gasteiger partial charge in [-0.2, -0.15) is 0 Å². The molecule has 3 rings (SSSR count). The van der Waals surface area contributed by atoms with Crippen molar-refractivity contribution in [2.45, 2.75) is 13.1 Å². The Morgan fingerprint density at radius 2 is 1.85 bits per heavy atom. The zero-order chi connectivity index (χ0) is 19.1. The van der Waals surface area contributed by atoms with E-state index in [0.717, 1.165) is 16.9 Å². The van der Waals surface area contributed by atoms with Crippen LogP contribution in [0.4, 0.5) is 10.2 Å². The number of benzene rings is 2. The number of carbonyl (C=O) groups is 1. The molecule has 0 spiro atoms. The molecule has 0 radical (unpaired) electrons. The molecule has 1 amide bonds. The highest BCUT2D eigenvalue weighted by atomic mass is 19.1. The second kappa shape index (κ2) is 8.80. The summed E-state index contributed by atoms with van der Waals surface area (Å²) in [5.74, 6) is 0.862. The minimum Gasteiger partial charge on any atom is -0.496 e. The van der Waals surface area contributed by atoms with Crippen molar-refractivity contribution in [3.63, 3.8) is 0 Å². The van der Waals surface area contributed by atoms with E-state index in [1.165, 1.54) is 12.1 Å². The third kappa shape index (κ3) is 5.04. The Hall–Kier alpha value is -3.41. The summed E-state index contributed by atoms with van der Waals surface area (Å²) in [7, 11) is 1.63. The van der Waals surface area contributed by atoms with Crippen LogP contribution >= 0.6 is 0 Å². The molecule has 0 fully saturated rings. The fraction of sp³-hybridized carbons (Fsp3) is 0.143. The Balaban J connectivity index is 1.60. The fourth-order valence-electron chi connectivity index (χ4n) is 2.59. The quantitative estimate of drug-likeness (QED) is 0.669. The van der Waals surface area contributed by atoms with Gasteiger partial charge in [-0.15, -0.1) is 0 Å². The van der Waals surface area contributed by atoms with E-state index in [0.29, 0.717) is 24.5 Å². The summed E-state index contributed by atoms with van der Waals surface area (Å²) in [6.45, 7) is 0.850. The van der Waals surface area contributed by atoms with Crippen LogP contribution < -0.4 is 15.4 Å². The van der Waals surface area contributed by atoms with Gasteiger partial charge in [-0.3, -0.25) is 4.79 Å². The Kier molecular flexibility index (Phi) is 5.99. The summed E-state index contributed by atoms with van der Waals surface area (Å²) in [5.41, 5.74) is 2.32. The highest BCUT2D eigenvalue weighted by Gasteiger charge is 2.08. The third-order valence-corrected chi connectivity index (χ3v) is 4.04. The van der Waals surface area contributed by atoms with E-state index in [1.807, 2.05) is 24.3 Å². The van der Waals surface area contributed by atoms with Crippen LogP contribution in [0.5, 0.6) is 5.75 Å². The molecule has 6 heteroatoms. The van der Waals surface area contributed by atoms with Crippen molar-refractivity contribution in [2.24, 2.45) is 0 Å².